The predicted molar refractivity (Wildman–Crippen MR) is 82.1 cm³/mol. The van der Waals surface area contributed by atoms with Gasteiger partial charge in [0.15, 0.2) is 0 Å². The molecule has 1 aromatic heterocycles. The molecule has 4 nitrogen and oxygen atoms in total. The molecule has 3 rings (SSSR count). The zero-order chi connectivity index (χ0) is 13.8. The van der Waals surface area contributed by atoms with Crippen LogP contribution in [0.1, 0.15) is 24.0 Å². The molecule has 20 heavy (non-hydrogen) atoms. The molecule has 0 aromatic carbocycles. The van der Waals surface area contributed by atoms with Crippen LogP contribution < -0.4 is 0 Å². The number of rotatable bonds is 5. The smallest absolute Gasteiger partial charge is 0.0926 e. The van der Waals surface area contributed by atoms with E-state index in [1.165, 1.54) is 36.8 Å². The normalized spacial score (nSPS) is 25.4. The lowest BCUT2D eigenvalue weighted by Gasteiger charge is -2.29. The lowest BCUT2D eigenvalue weighted by Crippen LogP contribution is -2.39. The van der Waals surface area contributed by atoms with Gasteiger partial charge in [-0.05, 0) is 25.3 Å². The van der Waals surface area contributed by atoms with E-state index in [1.54, 1.807) is 11.3 Å². The molecular formula is C15H25N3OS. The Morgan fingerprint density at radius 3 is 2.90 bits per heavy atom. The summed E-state index contributed by atoms with van der Waals surface area (Å²) >= 11 is 1.80. The minimum absolute atomic E-state index is 0.831. The van der Waals surface area contributed by atoms with Crippen molar-refractivity contribution in [2.45, 2.75) is 26.3 Å². The minimum Gasteiger partial charge on any atom is -0.379 e. The van der Waals surface area contributed by atoms with Crippen molar-refractivity contribution in [1.29, 1.82) is 0 Å². The summed E-state index contributed by atoms with van der Waals surface area (Å²) in [7, 11) is 0. The van der Waals surface area contributed by atoms with Crippen molar-refractivity contribution in [3.63, 3.8) is 0 Å². The van der Waals surface area contributed by atoms with Crippen molar-refractivity contribution in [2.75, 3.05) is 45.9 Å². The van der Waals surface area contributed by atoms with Gasteiger partial charge in [-0.2, -0.15) is 0 Å². The second-order valence-electron chi connectivity index (χ2n) is 5.89. The first kappa shape index (κ1) is 14.4. The van der Waals surface area contributed by atoms with Crippen LogP contribution in [0.4, 0.5) is 0 Å². The Labute approximate surface area is 125 Å². The SMILES string of the molecule is CCc1nc(CN2CCC(CN3CCOCC3)C2)cs1. The van der Waals surface area contributed by atoms with E-state index in [0.717, 1.165) is 45.2 Å². The van der Waals surface area contributed by atoms with Crippen molar-refractivity contribution >= 4 is 11.3 Å². The quantitative estimate of drug-likeness (QED) is 0.829. The van der Waals surface area contributed by atoms with E-state index in [-0.39, 0.29) is 0 Å². The fourth-order valence-electron chi connectivity index (χ4n) is 3.17. The van der Waals surface area contributed by atoms with Crippen LogP contribution in [0.3, 0.4) is 0 Å². The van der Waals surface area contributed by atoms with E-state index in [2.05, 4.69) is 27.1 Å². The average Bonchev–Trinajstić information content (AvgIpc) is 3.10. The van der Waals surface area contributed by atoms with Crippen LogP contribution in [-0.4, -0.2) is 60.7 Å². The molecule has 1 atom stereocenters. The number of hydrogen-bond donors (Lipinski definition) is 0. The zero-order valence-electron chi connectivity index (χ0n) is 12.4. The lowest BCUT2D eigenvalue weighted by atomic mass is 10.1. The molecular weight excluding hydrogens is 270 g/mol. The van der Waals surface area contributed by atoms with Crippen LogP contribution >= 0.6 is 11.3 Å². The molecule has 0 spiro atoms. The maximum Gasteiger partial charge on any atom is 0.0926 e. The van der Waals surface area contributed by atoms with Crippen LogP contribution in [0.15, 0.2) is 5.38 Å². The Balaban J connectivity index is 1.44. The molecule has 5 heteroatoms. The molecule has 0 N–H and O–H groups in total. The Kier molecular flexibility index (Phi) is 5.04. The van der Waals surface area contributed by atoms with Gasteiger partial charge in [0.25, 0.3) is 0 Å². The Morgan fingerprint density at radius 1 is 1.30 bits per heavy atom. The molecule has 0 saturated carbocycles. The molecule has 0 amide bonds. The predicted octanol–water partition coefficient (Wildman–Crippen LogP) is 1.86. The first-order chi connectivity index (χ1) is 9.83. The van der Waals surface area contributed by atoms with Crippen LogP contribution in [-0.2, 0) is 17.7 Å². The van der Waals surface area contributed by atoms with Gasteiger partial charge in [0.2, 0.25) is 0 Å². The van der Waals surface area contributed by atoms with Gasteiger partial charge in [-0.25, -0.2) is 4.98 Å². The third-order valence-electron chi connectivity index (χ3n) is 4.28. The van der Waals surface area contributed by atoms with Crippen molar-refractivity contribution < 1.29 is 4.74 Å². The number of likely N-dealkylation sites (tertiary alicyclic amines) is 1. The van der Waals surface area contributed by atoms with E-state index < -0.39 is 0 Å². The standard InChI is InChI=1S/C15H25N3OS/c1-2-15-16-14(12-20-15)11-18-4-3-13(10-18)9-17-5-7-19-8-6-17/h12-13H,2-11H2,1H3. The van der Waals surface area contributed by atoms with Crippen molar-refractivity contribution in [3.8, 4) is 0 Å². The number of thiazole rings is 1. The highest BCUT2D eigenvalue weighted by molar-refractivity contribution is 7.09. The average molecular weight is 295 g/mol. The first-order valence-corrected chi connectivity index (χ1v) is 8.67. The van der Waals surface area contributed by atoms with Crippen LogP contribution in [0.25, 0.3) is 0 Å². The zero-order valence-corrected chi connectivity index (χ0v) is 13.2. The van der Waals surface area contributed by atoms with E-state index >= 15 is 0 Å². The van der Waals surface area contributed by atoms with E-state index in [0.29, 0.717) is 0 Å². The van der Waals surface area contributed by atoms with Crippen molar-refractivity contribution in [1.82, 2.24) is 14.8 Å². The van der Waals surface area contributed by atoms with Gasteiger partial charge in [0, 0.05) is 38.1 Å². The highest BCUT2D eigenvalue weighted by atomic mass is 32.1. The van der Waals surface area contributed by atoms with Gasteiger partial charge >= 0.3 is 0 Å². The van der Waals surface area contributed by atoms with Crippen molar-refractivity contribution in [2.24, 2.45) is 5.92 Å². The largest absolute Gasteiger partial charge is 0.379 e. The highest BCUT2D eigenvalue weighted by Gasteiger charge is 2.25. The topological polar surface area (TPSA) is 28.6 Å². The molecule has 2 aliphatic rings. The van der Waals surface area contributed by atoms with Crippen LogP contribution in [0.5, 0.6) is 0 Å². The van der Waals surface area contributed by atoms with Crippen molar-refractivity contribution in [3.05, 3.63) is 16.1 Å². The molecule has 2 aliphatic heterocycles. The van der Waals surface area contributed by atoms with E-state index in [4.69, 9.17) is 4.74 Å². The number of aryl methyl sites for hydroxylation is 1. The minimum atomic E-state index is 0.831. The first-order valence-electron chi connectivity index (χ1n) is 7.79. The Bertz CT molecular complexity index is 417. The summed E-state index contributed by atoms with van der Waals surface area (Å²) in [6.45, 7) is 11.0. The third-order valence-corrected chi connectivity index (χ3v) is 5.32. The summed E-state index contributed by atoms with van der Waals surface area (Å²) in [5, 5.41) is 3.50. The number of nitrogens with zero attached hydrogens (tertiary/aromatic N) is 3. The third kappa shape index (κ3) is 3.79. The van der Waals surface area contributed by atoms with Gasteiger partial charge in [-0.3, -0.25) is 9.80 Å². The van der Waals surface area contributed by atoms with E-state index in [1.807, 2.05) is 0 Å². The fourth-order valence-corrected chi connectivity index (χ4v) is 3.90. The monoisotopic (exact) mass is 295 g/mol. The molecule has 0 radical (unpaired) electrons. The summed E-state index contributed by atoms with van der Waals surface area (Å²) in [5.41, 5.74) is 1.26. The summed E-state index contributed by atoms with van der Waals surface area (Å²) in [4.78, 5) is 9.82. The Hall–Kier alpha value is -0.490. The summed E-state index contributed by atoms with van der Waals surface area (Å²) < 4.78 is 5.42. The molecule has 112 valence electrons. The lowest BCUT2D eigenvalue weighted by molar-refractivity contribution is 0.0311. The van der Waals surface area contributed by atoms with E-state index in [9.17, 15) is 0 Å². The van der Waals surface area contributed by atoms with Crippen LogP contribution in [0, 0.1) is 5.92 Å². The molecule has 3 heterocycles. The van der Waals surface area contributed by atoms with Crippen LogP contribution in [0.2, 0.25) is 0 Å². The second kappa shape index (κ2) is 6.98. The summed E-state index contributed by atoms with van der Waals surface area (Å²) in [5.74, 6) is 0.831. The van der Waals surface area contributed by atoms with Gasteiger partial charge < -0.3 is 4.74 Å². The molecule has 2 saturated heterocycles. The van der Waals surface area contributed by atoms with Gasteiger partial charge in [0.05, 0.1) is 23.9 Å². The number of aromatic nitrogens is 1. The van der Waals surface area contributed by atoms with Gasteiger partial charge in [-0.1, -0.05) is 6.92 Å². The number of ether oxygens (including phenoxy) is 1. The molecule has 1 unspecified atom stereocenters. The molecule has 2 fully saturated rings. The van der Waals surface area contributed by atoms with Gasteiger partial charge in [-0.15, -0.1) is 11.3 Å². The summed E-state index contributed by atoms with van der Waals surface area (Å²) in [6, 6.07) is 0. The summed E-state index contributed by atoms with van der Waals surface area (Å²) in [6.07, 6.45) is 2.40. The number of hydrogen-bond acceptors (Lipinski definition) is 5. The maximum absolute atomic E-state index is 5.42. The fraction of sp³-hybridized carbons (Fsp3) is 0.800. The number of morpholine rings is 1. The Morgan fingerprint density at radius 2 is 2.15 bits per heavy atom. The second-order valence-corrected chi connectivity index (χ2v) is 6.83. The molecule has 1 aromatic rings. The molecule has 0 bridgehead atoms. The van der Waals surface area contributed by atoms with Gasteiger partial charge in [0.1, 0.15) is 0 Å². The highest BCUT2D eigenvalue weighted by Crippen LogP contribution is 2.21. The maximum atomic E-state index is 5.42. The molecule has 0 aliphatic carbocycles.